The highest BCUT2D eigenvalue weighted by atomic mass is 35.5. The first-order valence-electron chi connectivity index (χ1n) is 18.3. The quantitative estimate of drug-likeness (QED) is 0.0708. The van der Waals surface area contributed by atoms with E-state index >= 15 is 0 Å². The highest BCUT2D eigenvalue weighted by Gasteiger charge is 2.47. The standard InChI is InChI=1S/C41H39Cl3N5O8P/c1-24(2)21-45-40-47-38-36(39(50)48-40)46-23-49(38)35-20-33(56-58(51)57-37-31(43)18-28(42)19-32(37)44)34(55-35)22-54-41(25-8-6-5-7-9-25,26-10-14-29(52-3)15-11-26)27-12-16-30(53-4)17-13-27/h5-19,23-24,33-35H,20-22H2,1-4H3,(H-,45,47,48,50)/p+1/t33-,34+,35+/m0/s1. The van der Waals surface area contributed by atoms with Crippen LogP contribution in [0, 0.1) is 5.92 Å². The number of benzene rings is 4. The molecule has 0 radical (unpaired) electrons. The molecular weight excluding hydrogens is 828 g/mol. The molecular formula is C41H40Cl3N5O8P+. The van der Waals surface area contributed by atoms with E-state index in [-0.39, 0.29) is 45.0 Å². The Labute approximate surface area is 350 Å². The van der Waals surface area contributed by atoms with Crippen molar-refractivity contribution in [1.82, 2.24) is 19.5 Å². The summed E-state index contributed by atoms with van der Waals surface area (Å²) in [6.07, 6.45) is -0.914. The van der Waals surface area contributed by atoms with Gasteiger partial charge in [0.1, 0.15) is 35.5 Å². The van der Waals surface area contributed by atoms with Crippen molar-refractivity contribution in [2.24, 2.45) is 5.92 Å². The van der Waals surface area contributed by atoms with Crippen molar-refractivity contribution in [2.75, 3.05) is 32.7 Å². The Kier molecular flexibility index (Phi) is 12.9. The minimum atomic E-state index is -2.88. The maximum Gasteiger partial charge on any atom is 0.750 e. The van der Waals surface area contributed by atoms with Crippen LogP contribution >= 0.6 is 43.1 Å². The molecule has 1 aliphatic heterocycles. The van der Waals surface area contributed by atoms with Gasteiger partial charge in [0.2, 0.25) is 11.7 Å². The minimum Gasteiger partial charge on any atom is -0.497 e. The molecule has 0 amide bonds. The van der Waals surface area contributed by atoms with Gasteiger partial charge in [-0.3, -0.25) is 14.3 Å². The number of H-pyrrole nitrogens is 1. The van der Waals surface area contributed by atoms with Gasteiger partial charge >= 0.3 is 8.25 Å². The van der Waals surface area contributed by atoms with Gasteiger partial charge in [-0.05, 0) is 59.0 Å². The van der Waals surface area contributed by atoms with Crippen molar-refractivity contribution in [1.29, 1.82) is 0 Å². The first kappa shape index (κ1) is 41.4. The molecule has 0 spiro atoms. The maximum absolute atomic E-state index is 13.7. The number of fused-ring (bicyclic) bond motifs is 1. The molecule has 2 aromatic heterocycles. The average Bonchev–Trinajstić information content (AvgIpc) is 3.83. The lowest BCUT2D eigenvalue weighted by Gasteiger charge is -2.37. The van der Waals surface area contributed by atoms with Gasteiger partial charge < -0.3 is 24.3 Å². The number of aromatic nitrogens is 4. The zero-order valence-corrected chi connectivity index (χ0v) is 35.0. The van der Waals surface area contributed by atoms with Gasteiger partial charge in [-0.25, -0.2) is 9.51 Å². The van der Waals surface area contributed by atoms with Crippen molar-refractivity contribution < 1.29 is 32.6 Å². The van der Waals surface area contributed by atoms with Gasteiger partial charge in [0.25, 0.3) is 5.56 Å². The number of nitrogens with one attached hydrogen (secondary N) is 2. The highest BCUT2D eigenvalue weighted by Crippen LogP contribution is 2.46. The number of rotatable bonds is 16. The number of nitrogens with zero attached hydrogens (tertiary/aromatic N) is 3. The van der Waals surface area contributed by atoms with Crippen LogP contribution in [0.2, 0.25) is 15.1 Å². The van der Waals surface area contributed by atoms with Gasteiger partial charge in [-0.2, -0.15) is 4.98 Å². The number of methoxy groups -OCH3 is 2. The number of anilines is 1. The average molecular weight is 868 g/mol. The Morgan fingerprint density at radius 3 is 2.12 bits per heavy atom. The zero-order valence-electron chi connectivity index (χ0n) is 31.9. The van der Waals surface area contributed by atoms with Crippen LogP contribution in [0.15, 0.2) is 102 Å². The van der Waals surface area contributed by atoms with E-state index in [0.29, 0.717) is 29.9 Å². The summed E-state index contributed by atoms with van der Waals surface area (Å²) in [6.45, 7) is 4.59. The second kappa shape index (κ2) is 18.0. The third-order valence-electron chi connectivity index (χ3n) is 9.59. The van der Waals surface area contributed by atoms with E-state index in [1.807, 2.05) is 92.7 Å². The Bertz CT molecular complexity index is 2360. The van der Waals surface area contributed by atoms with E-state index < -0.39 is 37.9 Å². The molecule has 0 saturated carbocycles. The minimum absolute atomic E-state index is 0.0512. The Morgan fingerprint density at radius 1 is 0.931 bits per heavy atom. The molecule has 4 aromatic carbocycles. The molecule has 302 valence electrons. The molecule has 1 saturated heterocycles. The van der Waals surface area contributed by atoms with Gasteiger partial charge in [0.05, 0.1) is 37.2 Å². The first-order chi connectivity index (χ1) is 28.0. The van der Waals surface area contributed by atoms with E-state index in [1.165, 1.54) is 18.5 Å². The smallest absolute Gasteiger partial charge is 0.497 e. The summed E-state index contributed by atoms with van der Waals surface area (Å²) in [5, 5.41) is 3.56. The van der Waals surface area contributed by atoms with Crippen molar-refractivity contribution >= 4 is 60.2 Å². The lowest BCUT2D eigenvalue weighted by Crippen LogP contribution is -2.38. The Hall–Kier alpha value is -4.72. The summed E-state index contributed by atoms with van der Waals surface area (Å²) >= 11 is 18.8. The van der Waals surface area contributed by atoms with Crippen molar-refractivity contribution in [3.63, 3.8) is 0 Å². The van der Waals surface area contributed by atoms with Crippen LogP contribution in [0.25, 0.3) is 11.2 Å². The molecule has 7 rings (SSSR count). The van der Waals surface area contributed by atoms with E-state index in [0.717, 1.165) is 16.7 Å². The molecule has 6 aromatic rings. The predicted molar refractivity (Wildman–Crippen MR) is 223 cm³/mol. The predicted octanol–water partition coefficient (Wildman–Crippen LogP) is 9.58. The molecule has 4 atom stereocenters. The van der Waals surface area contributed by atoms with Gasteiger partial charge in [-0.1, -0.05) is 103 Å². The largest absolute Gasteiger partial charge is 0.750 e. The maximum atomic E-state index is 13.7. The molecule has 58 heavy (non-hydrogen) atoms. The van der Waals surface area contributed by atoms with Crippen LogP contribution in [0.5, 0.6) is 17.2 Å². The summed E-state index contributed by atoms with van der Waals surface area (Å²) in [4.78, 5) is 24.9. The Morgan fingerprint density at radius 2 is 1.53 bits per heavy atom. The number of halogens is 3. The van der Waals surface area contributed by atoms with Gasteiger partial charge in [0, 0.05) is 22.6 Å². The molecule has 1 unspecified atom stereocenters. The summed E-state index contributed by atoms with van der Waals surface area (Å²) < 4.78 is 52.0. The third-order valence-corrected chi connectivity index (χ3v) is 11.1. The van der Waals surface area contributed by atoms with Crippen LogP contribution in [-0.2, 0) is 24.2 Å². The van der Waals surface area contributed by atoms with Crippen LogP contribution < -0.4 is 24.9 Å². The summed E-state index contributed by atoms with van der Waals surface area (Å²) in [5.74, 6) is 1.87. The van der Waals surface area contributed by atoms with Gasteiger partial charge in [-0.15, -0.1) is 4.52 Å². The molecule has 2 N–H and O–H groups in total. The number of ether oxygens (including phenoxy) is 4. The topological polar surface area (TPSA) is 148 Å². The number of hydrogen-bond donors (Lipinski definition) is 2. The monoisotopic (exact) mass is 866 g/mol. The van der Waals surface area contributed by atoms with Crippen LogP contribution in [0.1, 0.15) is 43.2 Å². The second-order valence-corrected chi connectivity index (χ2v) is 15.9. The molecule has 0 aliphatic carbocycles. The number of imidazole rings is 1. The molecule has 0 bridgehead atoms. The summed E-state index contributed by atoms with van der Waals surface area (Å²) in [5.41, 5.74) is 1.20. The number of hydrogen-bond acceptors (Lipinski definition) is 11. The summed E-state index contributed by atoms with van der Waals surface area (Å²) in [7, 11) is 0.330. The fourth-order valence-corrected chi connectivity index (χ4v) is 8.59. The van der Waals surface area contributed by atoms with Crippen molar-refractivity contribution in [3.05, 3.63) is 139 Å². The van der Waals surface area contributed by atoms with Crippen molar-refractivity contribution in [2.45, 2.75) is 44.3 Å². The first-order valence-corrected chi connectivity index (χ1v) is 20.5. The molecule has 13 nitrogen and oxygen atoms in total. The van der Waals surface area contributed by atoms with Gasteiger partial charge in [0.15, 0.2) is 11.2 Å². The SMILES string of the molecule is COc1ccc(C(OC[C@H]2O[C@@H](n3cnc4c(=O)[nH]c(NCC(C)C)nc43)C[C@@H]2O[P+](=O)Oc2c(Cl)cc(Cl)cc2Cl)(c2ccccc2)c2ccc(OC)cc2)cc1. The lowest BCUT2D eigenvalue weighted by atomic mass is 9.80. The molecule has 17 heteroatoms. The fourth-order valence-electron chi connectivity index (χ4n) is 6.76. The van der Waals surface area contributed by atoms with E-state index in [4.69, 9.17) is 62.8 Å². The van der Waals surface area contributed by atoms with E-state index in [2.05, 4.69) is 20.3 Å². The zero-order chi connectivity index (χ0) is 41.0. The molecule has 1 aliphatic rings. The lowest BCUT2D eigenvalue weighted by molar-refractivity contribution is -0.0902. The van der Waals surface area contributed by atoms with Crippen LogP contribution in [0.4, 0.5) is 5.95 Å². The normalized spacial score (nSPS) is 17.1. The van der Waals surface area contributed by atoms with E-state index in [1.54, 1.807) is 18.8 Å². The molecule has 3 heterocycles. The number of aromatic amines is 1. The van der Waals surface area contributed by atoms with Crippen LogP contribution in [-0.4, -0.2) is 59.1 Å². The third kappa shape index (κ3) is 8.81. The van der Waals surface area contributed by atoms with E-state index in [9.17, 15) is 9.36 Å². The second-order valence-electron chi connectivity index (χ2n) is 13.9. The summed E-state index contributed by atoms with van der Waals surface area (Å²) in [6, 6.07) is 27.9. The van der Waals surface area contributed by atoms with Crippen LogP contribution in [0.3, 0.4) is 0 Å². The molecule has 1 fully saturated rings. The fraction of sp³-hybridized carbons (Fsp3) is 0.293. The van der Waals surface area contributed by atoms with Crippen molar-refractivity contribution in [3.8, 4) is 17.2 Å². The highest BCUT2D eigenvalue weighted by molar-refractivity contribution is 7.33. The Balaban J connectivity index is 1.27.